The Morgan fingerprint density at radius 3 is 2.83 bits per heavy atom. The van der Waals surface area contributed by atoms with Crippen molar-refractivity contribution in [3.63, 3.8) is 0 Å². The summed E-state index contributed by atoms with van der Waals surface area (Å²) in [4.78, 5) is 4.00. The summed E-state index contributed by atoms with van der Waals surface area (Å²) in [6.07, 6.45) is 2.63. The lowest BCUT2D eigenvalue weighted by Crippen LogP contribution is -2.02. The summed E-state index contributed by atoms with van der Waals surface area (Å²) in [6.45, 7) is 2.02. The first-order chi connectivity index (χ1) is 5.70. The van der Waals surface area contributed by atoms with E-state index in [0.29, 0.717) is 5.82 Å². The average Bonchev–Trinajstić information content (AvgIpc) is 2.29. The topological polar surface area (TPSA) is 64.9 Å². The Bertz CT molecular complexity index is 366. The third-order valence-electron chi connectivity index (χ3n) is 2.25. The van der Waals surface area contributed by atoms with Crippen molar-refractivity contribution in [2.75, 3.05) is 5.73 Å². The van der Waals surface area contributed by atoms with Crippen molar-refractivity contribution in [2.45, 2.75) is 13.3 Å². The van der Waals surface area contributed by atoms with E-state index >= 15 is 0 Å². The highest BCUT2D eigenvalue weighted by Gasteiger charge is 2.18. The zero-order chi connectivity index (χ0) is 8.72. The van der Waals surface area contributed by atoms with Gasteiger partial charge in [0.15, 0.2) is 0 Å². The Morgan fingerprint density at radius 2 is 2.17 bits per heavy atom. The van der Waals surface area contributed by atoms with E-state index in [1.165, 1.54) is 11.1 Å². The van der Waals surface area contributed by atoms with Crippen LogP contribution in [0.5, 0.6) is 0 Å². The molecule has 62 valence electrons. The number of aromatic nitrogens is 1. The van der Waals surface area contributed by atoms with Gasteiger partial charge in [0.1, 0.15) is 5.82 Å². The number of hydrogen-bond donors (Lipinski definition) is 2. The first-order valence-corrected chi connectivity index (χ1v) is 3.89. The number of nitrogens with two attached hydrogens (primary N) is 2. The minimum Gasteiger partial charge on any atom is -0.398 e. The Kier molecular flexibility index (Phi) is 1.33. The van der Waals surface area contributed by atoms with Crippen LogP contribution in [0.1, 0.15) is 18.1 Å². The van der Waals surface area contributed by atoms with Gasteiger partial charge in [-0.1, -0.05) is 0 Å². The molecule has 0 spiro atoms. The van der Waals surface area contributed by atoms with Crippen molar-refractivity contribution in [1.29, 1.82) is 0 Å². The average molecular weight is 161 g/mol. The summed E-state index contributed by atoms with van der Waals surface area (Å²) >= 11 is 0. The van der Waals surface area contributed by atoms with Crippen molar-refractivity contribution < 1.29 is 0 Å². The molecule has 0 aromatic carbocycles. The second-order valence-corrected chi connectivity index (χ2v) is 3.10. The first-order valence-electron chi connectivity index (χ1n) is 3.89. The Labute approximate surface area is 71.1 Å². The maximum atomic E-state index is 5.85. The largest absolute Gasteiger partial charge is 0.398 e. The van der Waals surface area contributed by atoms with Gasteiger partial charge in [-0.05, 0) is 30.5 Å². The maximum absolute atomic E-state index is 5.85. The van der Waals surface area contributed by atoms with Crippen molar-refractivity contribution in [3.05, 3.63) is 29.0 Å². The molecule has 1 aromatic rings. The molecule has 1 heterocycles. The third kappa shape index (κ3) is 0.794. The van der Waals surface area contributed by atoms with Gasteiger partial charge in [-0.25, -0.2) is 4.98 Å². The summed E-state index contributed by atoms with van der Waals surface area (Å²) in [6, 6.07) is 1.97. The zero-order valence-corrected chi connectivity index (χ0v) is 6.96. The van der Waals surface area contributed by atoms with E-state index in [2.05, 4.69) is 4.98 Å². The molecule has 0 bridgehead atoms. The fourth-order valence-electron chi connectivity index (χ4n) is 1.57. The lowest BCUT2D eigenvalue weighted by molar-refractivity contribution is 1.17. The maximum Gasteiger partial charge on any atom is 0.132 e. The van der Waals surface area contributed by atoms with Gasteiger partial charge in [0.2, 0.25) is 0 Å². The van der Waals surface area contributed by atoms with Crippen molar-refractivity contribution >= 4 is 11.5 Å². The molecule has 12 heavy (non-hydrogen) atoms. The van der Waals surface area contributed by atoms with Crippen LogP contribution in [0.3, 0.4) is 0 Å². The van der Waals surface area contributed by atoms with E-state index in [1.807, 2.05) is 13.0 Å². The van der Waals surface area contributed by atoms with Gasteiger partial charge < -0.3 is 11.5 Å². The van der Waals surface area contributed by atoms with Gasteiger partial charge >= 0.3 is 0 Å². The molecule has 0 radical (unpaired) electrons. The first kappa shape index (κ1) is 7.16. The van der Waals surface area contributed by atoms with Crippen LogP contribution in [0.4, 0.5) is 5.82 Å². The number of allylic oxidation sites excluding steroid dienone is 1. The summed E-state index contributed by atoms with van der Waals surface area (Å²) < 4.78 is 0. The number of rotatable bonds is 0. The number of nitrogen functional groups attached to an aromatic ring is 1. The molecule has 0 unspecified atom stereocenters. The number of hydrogen-bond acceptors (Lipinski definition) is 3. The number of fused-ring (bicyclic) bond motifs is 1. The summed E-state index contributed by atoms with van der Waals surface area (Å²) in [5.41, 5.74) is 15.7. The van der Waals surface area contributed by atoms with Gasteiger partial charge in [0.25, 0.3) is 0 Å². The zero-order valence-electron chi connectivity index (χ0n) is 6.96. The molecule has 3 heteroatoms. The smallest absolute Gasteiger partial charge is 0.132 e. The lowest BCUT2D eigenvalue weighted by Gasteiger charge is -2.02. The minimum atomic E-state index is 0.543. The fourth-order valence-corrected chi connectivity index (χ4v) is 1.57. The summed E-state index contributed by atoms with van der Waals surface area (Å²) in [7, 11) is 0. The van der Waals surface area contributed by atoms with E-state index in [9.17, 15) is 0 Å². The van der Waals surface area contributed by atoms with E-state index in [1.54, 1.807) is 6.20 Å². The molecule has 2 rings (SSSR count). The van der Waals surface area contributed by atoms with Crippen LogP contribution < -0.4 is 11.5 Å². The molecule has 1 aliphatic carbocycles. The highest BCUT2D eigenvalue weighted by Crippen LogP contribution is 2.31. The number of anilines is 1. The molecule has 1 aromatic heterocycles. The predicted molar refractivity (Wildman–Crippen MR) is 49.1 cm³/mol. The van der Waals surface area contributed by atoms with E-state index in [0.717, 1.165) is 17.7 Å². The summed E-state index contributed by atoms with van der Waals surface area (Å²) in [5.74, 6) is 0.543. The van der Waals surface area contributed by atoms with Gasteiger partial charge in [-0.3, -0.25) is 0 Å². The molecular formula is C9H11N3. The van der Waals surface area contributed by atoms with Crippen LogP contribution in [0.2, 0.25) is 0 Å². The molecule has 0 aliphatic heterocycles. The van der Waals surface area contributed by atoms with Gasteiger partial charge in [0, 0.05) is 17.5 Å². The van der Waals surface area contributed by atoms with Crippen LogP contribution in [0.25, 0.3) is 5.70 Å². The molecule has 0 amide bonds. The lowest BCUT2D eigenvalue weighted by atomic mass is 10.1. The van der Waals surface area contributed by atoms with Crippen LogP contribution in [0, 0.1) is 0 Å². The van der Waals surface area contributed by atoms with Gasteiger partial charge in [-0.15, -0.1) is 0 Å². The van der Waals surface area contributed by atoms with Crippen molar-refractivity contribution in [1.82, 2.24) is 4.98 Å². The second-order valence-electron chi connectivity index (χ2n) is 3.10. The fraction of sp³-hybridized carbons (Fsp3) is 0.222. The van der Waals surface area contributed by atoms with Gasteiger partial charge in [0.05, 0.1) is 0 Å². The number of pyridine rings is 1. The summed E-state index contributed by atoms with van der Waals surface area (Å²) in [5, 5.41) is 0. The van der Waals surface area contributed by atoms with E-state index in [4.69, 9.17) is 11.5 Å². The molecule has 0 atom stereocenters. The van der Waals surface area contributed by atoms with Crippen LogP contribution in [0.15, 0.2) is 17.8 Å². The van der Waals surface area contributed by atoms with Crippen LogP contribution >= 0.6 is 0 Å². The Morgan fingerprint density at radius 1 is 1.42 bits per heavy atom. The van der Waals surface area contributed by atoms with E-state index < -0.39 is 0 Å². The monoisotopic (exact) mass is 161 g/mol. The van der Waals surface area contributed by atoms with Crippen LogP contribution in [-0.2, 0) is 6.42 Å². The molecule has 3 nitrogen and oxygen atoms in total. The SMILES string of the molecule is CC1=C(N)c2c(ccnc2N)C1. The molecule has 4 N–H and O–H groups in total. The quantitative estimate of drug-likeness (QED) is 0.594. The standard InChI is InChI=1S/C9H11N3/c1-5-4-6-2-3-12-9(11)7(6)8(5)10/h2-3H,4,10H2,1H3,(H2,11,12). The second kappa shape index (κ2) is 2.24. The Balaban J connectivity index is 2.67. The van der Waals surface area contributed by atoms with Crippen LogP contribution in [-0.4, -0.2) is 4.98 Å². The molecular weight excluding hydrogens is 150 g/mol. The highest BCUT2D eigenvalue weighted by molar-refractivity contribution is 5.79. The molecule has 0 saturated carbocycles. The highest BCUT2D eigenvalue weighted by atomic mass is 14.8. The van der Waals surface area contributed by atoms with Crippen molar-refractivity contribution in [3.8, 4) is 0 Å². The molecule has 1 aliphatic rings. The third-order valence-corrected chi connectivity index (χ3v) is 2.25. The number of nitrogens with zero attached hydrogens (tertiary/aromatic N) is 1. The van der Waals surface area contributed by atoms with Crippen molar-refractivity contribution in [2.24, 2.45) is 5.73 Å². The minimum absolute atomic E-state index is 0.543. The molecule has 0 saturated heterocycles. The van der Waals surface area contributed by atoms with Gasteiger partial charge in [-0.2, -0.15) is 0 Å². The van der Waals surface area contributed by atoms with E-state index in [-0.39, 0.29) is 0 Å². The Hall–Kier alpha value is -1.51. The normalized spacial score (nSPS) is 15.1. The predicted octanol–water partition coefficient (Wildman–Crippen LogP) is 0.910. The molecule has 0 fully saturated rings.